The Morgan fingerprint density at radius 2 is 2.06 bits per heavy atom. The Morgan fingerprint density at radius 1 is 1.28 bits per heavy atom. The van der Waals surface area contributed by atoms with Gasteiger partial charge in [-0.25, -0.2) is 13.8 Å². The molecular weight excluding hydrogens is 260 g/mol. The van der Waals surface area contributed by atoms with Crippen molar-refractivity contribution < 1.29 is 13.5 Å². The molecule has 2 aromatic rings. The van der Waals surface area contributed by atoms with E-state index in [2.05, 4.69) is 4.98 Å². The molecule has 2 rings (SSSR count). The van der Waals surface area contributed by atoms with Gasteiger partial charge in [-0.2, -0.15) is 0 Å². The van der Waals surface area contributed by atoms with Gasteiger partial charge in [0, 0.05) is 11.8 Å². The number of rotatable bonds is 3. The van der Waals surface area contributed by atoms with Crippen LogP contribution in [0.1, 0.15) is 11.1 Å². The molecule has 0 amide bonds. The summed E-state index contributed by atoms with van der Waals surface area (Å²) in [5, 5.41) is 0. The van der Waals surface area contributed by atoms with Crippen molar-refractivity contribution in [3.63, 3.8) is 0 Å². The van der Waals surface area contributed by atoms with Crippen LogP contribution in [0.15, 0.2) is 30.5 Å². The number of benzene rings is 1. The van der Waals surface area contributed by atoms with Crippen LogP contribution < -0.4 is 4.74 Å². The molecule has 0 aliphatic carbocycles. The second-order valence-corrected chi connectivity index (χ2v) is 4.03. The molecule has 1 aromatic heterocycles. The van der Waals surface area contributed by atoms with Crippen molar-refractivity contribution in [3.05, 3.63) is 53.2 Å². The Kier molecular flexibility index (Phi) is 3.77. The van der Waals surface area contributed by atoms with Gasteiger partial charge in [-0.1, -0.05) is 6.07 Å². The van der Waals surface area contributed by atoms with Crippen LogP contribution >= 0.6 is 11.6 Å². The van der Waals surface area contributed by atoms with Crippen LogP contribution in [-0.4, -0.2) is 4.98 Å². The molecule has 1 heterocycles. The third-order valence-corrected chi connectivity index (χ3v) is 2.66. The third kappa shape index (κ3) is 2.59. The molecule has 0 aliphatic rings. The summed E-state index contributed by atoms with van der Waals surface area (Å²) in [6.07, 6.45) is 1.36. The number of nitrogens with zero attached hydrogens (tertiary/aromatic N) is 1. The zero-order valence-corrected chi connectivity index (χ0v) is 10.3. The van der Waals surface area contributed by atoms with E-state index < -0.39 is 11.6 Å². The number of pyridine rings is 1. The molecule has 0 fully saturated rings. The van der Waals surface area contributed by atoms with Gasteiger partial charge in [-0.15, -0.1) is 11.6 Å². The average Bonchev–Trinajstić information content (AvgIpc) is 2.36. The van der Waals surface area contributed by atoms with E-state index in [0.717, 1.165) is 5.56 Å². The minimum absolute atomic E-state index is 0.00100. The molecule has 0 bridgehead atoms. The van der Waals surface area contributed by atoms with E-state index in [0.29, 0.717) is 0 Å². The Labute approximate surface area is 108 Å². The van der Waals surface area contributed by atoms with Crippen LogP contribution in [0.4, 0.5) is 8.78 Å². The van der Waals surface area contributed by atoms with Crippen LogP contribution in [0.25, 0.3) is 0 Å². The van der Waals surface area contributed by atoms with E-state index in [1.807, 2.05) is 0 Å². The normalized spacial score (nSPS) is 10.4. The molecule has 0 atom stereocenters. The van der Waals surface area contributed by atoms with Gasteiger partial charge in [0.15, 0.2) is 17.4 Å². The highest BCUT2D eigenvalue weighted by Crippen LogP contribution is 2.27. The largest absolute Gasteiger partial charge is 0.433 e. The molecule has 0 spiro atoms. The summed E-state index contributed by atoms with van der Waals surface area (Å²) in [5.41, 5.74) is 1.06. The summed E-state index contributed by atoms with van der Waals surface area (Å²) >= 11 is 5.57. The Bertz CT molecular complexity index is 575. The molecule has 0 saturated carbocycles. The highest BCUT2D eigenvalue weighted by atomic mass is 35.5. The maximum atomic E-state index is 13.8. The summed E-state index contributed by atoms with van der Waals surface area (Å²) in [6, 6.07) is 5.78. The van der Waals surface area contributed by atoms with Gasteiger partial charge in [0.1, 0.15) is 0 Å². The number of hydrogen-bond donors (Lipinski definition) is 0. The van der Waals surface area contributed by atoms with E-state index >= 15 is 0 Å². The van der Waals surface area contributed by atoms with Crippen molar-refractivity contribution in [3.8, 4) is 11.6 Å². The lowest BCUT2D eigenvalue weighted by molar-refractivity contribution is 0.396. The lowest BCUT2D eigenvalue weighted by atomic mass is 10.2. The fraction of sp³-hybridized carbons (Fsp3) is 0.154. The number of alkyl halides is 1. The predicted octanol–water partition coefficient (Wildman–Crippen LogP) is 4.20. The van der Waals surface area contributed by atoms with Crippen molar-refractivity contribution in [1.29, 1.82) is 0 Å². The minimum Gasteiger partial charge on any atom is -0.433 e. The molecule has 2 nitrogen and oxygen atoms in total. The van der Waals surface area contributed by atoms with Crippen LogP contribution in [-0.2, 0) is 5.88 Å². The van der Waals surface area contributed by atoms with E-state index in [1.165, 1.54) is 24.4 Å². The maximum absolute atomic E-state index is 13.8. The van der Waals surface area contributed by atoms with Gasteiger partial charge >= 0.3 is 0 Å². The van der Waals surface area contributed by atoms with Crippen LogP contribution in [0.2, 0.25) is 0 Å². The molecule has 0 aliphatic heterocycles. The monoisotopic (exact) mass is 269 g/mol. The smallest absolute Gasteiger partial charge is 0.256 e. The van der Waals surface area contributed by atoms with E-state index in [-0.39, 0.29) is 23.1 Å². The quantitative estimate of drug-likeness (QED) is 0.779. The van der Waals surface area contributed by atoms with Gasteiger partial charge in [0.25, 0.3) is 5.88 Å². The molecule has 0 N–H and O–H groups in total. The standard InChI is InChI=1S/C13H10ClF2NO/c1-8-2-3-10(15)11(6-8)18-13-12(16)9(7-14)4-5-17-13/h2-6H,7H2,1H3. The van der Waals surface area contributed by atoms with Crippen LogP contribution in [0.5, 0.6) is 11.6 Å². The molecule has 18 heavy (non-hydrogen) atoms. The first-order valence-corrected chi connectivity index (χ1v) is 5.78. The number of halogens is 3. The number of aromatic nitrogens is 1. The van der Waals surface area contributed by atoms with Crippen molar-refractivity contribution in [1.82, 2.24) is 4.98 Å². The van der Waals surface area contributed by atoms with Crippen LogP contribution in [0, 0.1) is 18.6 Å². The van der Waals surface area contributed by atoms with Crippen molar-refractivity contribution in [2.75, 3.05) is 0 Å². The molecule has 0 saturated heterocycles. The van der Waals surface area contributed by atoms with E-state index in [9.17, 15) is 8.78 Å². The zero-order chi connectivity index (χ0) is 13.1. The molecule has 0 radical (unpaired) electrons. The Morgan fingerprint density at radius 3 is 2.78 bits per heavy atom. The van der Waals surface area contributed by atoms with Crippen LogP contribution in [0.3, 0.4) is 0 Å². The predicted molar refractivity (Wildman–Crippen MR) is 65.0 cm³/mol. The van der Waals surface area contributed by atoms with Gasteiger partial charge in [-0.05, 0) is 30.7 Å². The minimum atomic E-state index is -0.673. The first kappa shape index (κ1) is 12.8. The average molecular weight is 270 g/mol. The lowest BCUT2D eigenvalue weighted by Gasteiger charge is -2.08. The lowest BCUT2D eigenvalue weighted by Crippen LogP contribution is -1.97. The first-order valence-electron chi connectivity index (χ1n) is 5.25. The number of ether oxygens (including phenoxy) is 1. The van der Waals surface area contributed by atoms with Crippen molar-refractivity contribution >= 4 is 11.6 Å². The summed E-state index contributed by atoms with van der Waals surface area (Å²) in [6.45, 7) is 1.78. The molecule has 94 valence electrons. The fourth-order valence-corrected chi connectivity index (χ4v) is 1.64. The first-order chi connectivity index (χ1) is 8.61. The summed E-state index contributed by atoms with van der Waals surface area (Å²) in [4.78, 5) is 3.73. The molecule has 5 heteroatoms. The molecule has 1 aromatic carbocycles. The number of aryl methyl sites for hydroxylation is 1. The van der Waals surface area contributed by atoms with Gasteiger partial charge in [0.2, 0.25) is 0 Å². The maximum Gasteiger partial charge on any atom is 0.256 e. The van der Waals surface area contributed by atoms with Crippen molar-refractivity contribution in [2.24, 2.45) is 0 Å². The molecule has 0 unspecified atom stereocenters. The highest BCUT2D eigenvalue weighted by molar-refractivity contribution is 6.17. The topological polar surface area (TPSA) is 22.1 Å². The van der Waals surface area contributed by atoms with Crippen molar-refractivity contribution in [2.45, 2.75) is 12.8 Å². The van der Waals surface area contributed by atoms with Gasteiger partial charge in [0.05, 0.1) is 5.88 Å². The summed E-state index contributed by atoms with van der Waals surface area (Å²) in [7, 11) is 0. The Hall–Kier alpha value is -1.68. The second kappa shape index (κ2) is 5.31. The summed E-state index contributed by atoms with van der Waals surface area (Å²) in [5.74, 6) is -1.58. The zero-order valence-electron chi connectivity index (χ0n) is 9.58. The SMILES string of the molecule is Cc1ccc(F)c(Oc2nccc(CCl)c2F)c1. The molecular formula is C13H10ClF2NO. The third-order valence-electron chi connectivity index (χ3n) is 2.37. The second-order valence-electron chi connectivity index (χ2n) is 3.76. The Balaban J connectivity index is 2.37. The van der Waals surface area contributed by atoms with Gasteiger partial charge < -0.3 is 4.74 Å². The number of hydrogen-bond acceptors (Lipinski definition) is 2. The highest BCUT2D eigenvalue weighted by Gasteiger charge is 2.13. The van der Waals surface area contributed by atoms with Gasteiger partial charge in [-0.3, -0.25) is 0 Å². The van der Waals surface area contributed by atoms with E-state index in [1.54, 1.807) is 13.0 Å². The van der Waals surface area contributed by atoms with E-state index in [4.69, 9.17) is 16.3 Å². The summed E-state index contributed by atoms with van der Waals surface area (Å²) < 4.78 is 32.4. The fourth-order valence-electron chi connectivity index (χ4n) is 1.43.